The van der Waals surface area contributed by atoms with Crippen LogP contribution in [0.25, 0.3) is 10.9 Å². The lowest BCUT2D eigenvalue weighted by molar-refractivity contribution is 0.0928. The summed E-state index contributed by atoms with van der Waals surface area (Å²) in [4.78, 5) is 12.5. The largest absolute Gasteiger partial charge is 0.350 e. The third-order valence-corrected chi connectivity index (χ3v) is 5.57. The van der Waals surface area contributed by atoms with Crippen LogP contribution in [0.3, 0.4) is 0 Å². The lowest BCUT2D eigenvalue weighted by Gasteiger charge is -2.29. The fourth-order valence-corrected chi connectivity index (χ4v) is 3.46. The van der Waals surface area contributed by atoms with Crippen LogP contribution in [0.2, 0.25) is 0 Å². The highest BCUT2D eigenvalue weighted by molar-refractivity contribution is 9.09. The molecule has 0 aliphatic heterocycles. The number of benzene rings is 1. The summed E-state index contributed by atoms with van der Waals surface area (Å²) in [5.41, 5.74) is 1.59. The van der Waals surface area contributed by atoms with E-state index in [2.05, 4.69) is 40.2 Å². The van der Waals surface area contributed by atoms with Gasteiger partial charge in [0.25, 0.3) is 5.91 Å². The number of fused-ring (bicyclic) bond motifs is 1. The van der Waals surface area contributed by atoms with Crippen molar-refractivity contribution in [2.75, 3.05) is 11.9 Å². The first-order valence-electron chi connectivity index (χ1n) is 7.33. The second-order valence-electron chi connectivity index (χ2n) is 5.51. The molecule has 0 radical (unpaired) electrons. The number of nitrogens with one attached hydrogen (secondary N) is 1. The van der Waals surface area contributed by atoms with Gasteiger partial charge in [-0.05, 0) is 24.3 Å². The van der Waals surface area contributed by atoms with Crippen molar-refractivity contribution in [1.82, 2.24) is 15.1 Å². The molecule has 0 spiro atoms. The number of carbonyl (C=O) groups excluding carboxylic acids is 1. The van der Waals surface area contributed by atoms with Crippen molar-refractivity contribution < 1.29 is 4.79 Å². The number of nitrogens with zero attached hydrogens (tertiary/aromatic N) is 2. The van der Waals surface area contributed by atoms with E-state index >= 15 is 0 Å². The minimum Gasteiger partial charge on any atom is -0.350 e. The highest BCUT2D eigenvalue weighted by Gasteiger charge is 2.26. The van der Waals surface area contributed by atoms with Crippen LogP contribution in [-0.2, 0) is 7.05 Å². The first kappa shape index (κ1) is 16.0. The van der Waals surface area contributed by atoms with Crippen LogP contribution in [0.5, 0.6) is 0 Å². The Kier molecular flexibility index (Phi) is 5.04. The second kappa shape index (κ2) is 6.60. The molecule has 5 heteroatoms. The molecule has 0 aliphatic carbocycles. The van der Waals surface area contributed by atoms with Gasteiger partial charge in [0.1, 0.15) is 0 Å². The van der Waals surface area contributed by atoms with Gasteiger partial charge in [0.15, 0.2) is 5.69 Å². The Labute approximate surface area is 134 Å². The molecule has 114 valence electrons. The third-order valence-electron chi connectivity index (χ3n) is 4.38. The summed E-state index contributed by atoms with van der Waals surface area (Å²) in [5, 5.41) is 9.20. The molecule has 1 aromatic heterocycles. The molecule has 2 rings (SSSR count). The summed E-state index contributed by atoms with van der Waals surface area (Å²) in [6, 6.07) is 7.80. The Bertz CT molecular complexity index is 623. The number of halogens is 1. The Morgan fingerprint density at radius 2 is 2.00 bits per heavy atom. The highest BCUT2D eigenvalue weighted by atomic mass is 79.9. The molecule has 1 aromatic carbocycles. The van der Waals surface area contributed by atoms with Gasteiger partial charge in [-0.2, -0.15) is 5.10 Å². The van der Waals surface area contributed by atoms with Crippen molar-refractivity contribution in [1.29, 1.82) is 0 Å². The number of para-hydroxylation sites is 1. The maximum Gasteiger partial charge on any atom is 0.272 e. The lowest BCUT2D eigenvalue weighted by Crippen LogP contribution is -2.38. The molecule has 1 N–H and O–H groups in total. The van der Waals surface area contributed by atoms with Crippen LogP contribution in [0.1, 0.15) is 37.2 Å². The number of aromatic nitrogens is 2. The van der Waals surface area contributed by atoms with Crippen molar-refractivity contribution in [3.8, 4) is 0 Å². The van der Waals surface area contributed by atoms with Crippen LogP contribution < -0.4 is 5.32 Å². The fraction of sp³-hybridized carbons (Fsp3) is 0.500. The summed E-state index contributed by atoms with van der Waals surface area (Å²) in [6.07, 6.45) is 2.05. The number of carbonyl (C=O) groups is 1. The highest BCUT2D eigenvalue weighted by Crippen LogP contribution is 2.28. The molecule has 0 unspecified atom stereocenters. The molecule has 0 bridgehead atoms. The van der Waals surface area contributed by atoms with E-state index < -0.39 is 0 Å². The molecular weight excluding hydrogens is 330 g/mol. The van der Waals surface area contributed by atoms with E-state index in [-0.39, 0.29) is 11.3 Å². The zero-order chi connectivity index (χ0) is 15.5. The third kappa shape index (κ3) is 3.12. The molecule has 0 saturated carbocycles. The van der Waals surface area contributed by atoms with E-state index in [0.29, 0.717) is 12.2 Å². The van der Waals surface area contributed by atoms with Crippen molar-refractivity contribution in [2.24, 2.45) is 12.5 Å². The average molecular weight is 352 g/mol. The number of rotatable bonds is 6. The molecule has 1 amide bonds. The Hall–Kier alpha value is -1.36. The molecule has 21 heavy (non-hydrogen) atoms. The van der Waals surface area contributed by atoms with Gasteiger partial charge in [0, 0.05) is 24.3 Å². The van der Waals surface area contributed by atoms with Gasteiger partial charge < -0.3 is 5.32 Å². The van der Waals surface area contributed by atoms with E-state index in [4.69, 9.17) is 0 Å². The van der Waals surface area contributed by atoms with Gasteiger partial charge in [-0.3, -0.25) is 9.48 Å². The summed E-state index contributed by atoms with van der Waals surface area (Å²) < 4.78 is 1.75. The van der Waals surface area contributed by atoms with Gasteiger partial charge in [0.2, 0.25) is 0 Å². The predicted molar refractivity (Wildman–Crippen MR) is 89.9 cm³/mol. The molecule has 0 atom stereocenters. The van der Waals surface area contributed by atoms with Gasteiger partial charge >= 0.3 is 0 Å². The quantitative estimate of drug-likeness (QED) is 0.809. The van der Waals surface area contributed by atoms with Gasteiger partial charge in [0.05, 0.1) is 5.52 Å². The van der Waals surface area contributed by atoms with E-state index in [9.17, 15) is 4.79 Å². The standard InChI is InChI=1S/C16H22BrN3O/c1-4-16(5-2,10-17)11-18-15(21)14-12-8-6-7-9-13(12)20(3)19-14/h6-9H,4-5,10-11H2,1-3H3,(H,18,21). The maximum atomic E-state index is 12.5. The van der Waals surface area contributed by atoms with E-state index in [1.54, 1.807) is 4.68 Å². The summed E-state index contributed by atoms with van der Waals surface area (Å²) in [5.74, 6) is -0.0981. The molecule has 0 aliphatic rings. The Morgan fingerprint density at radius 1 is 1.33 bits per heavy atom. The van der Waals surface area contributed by atoms with Gasteiger partial charge in [-0.25, -0.2) is 0 Å². The van der Waals surface area contributed by atoms with Crippen LogP contribution in [0, 0.1) is 5.41 Å². The van der Waals surface area contributed by atoms with Crippen LogP contribution >= 0.6 is 15.9 Å². The summed E-state index contributed by atoms with van der Waals surface area (Å²) in [7, 11) is 1.86. The second-order valence-corrected chi connectivity index (χ2v) is 6.07. The van der Waals surface area contributed by atoms with E-state index in [0.717, 1.165) is 29.1 Å². The first-order valence-corrected chi connectivity index (χ1v) is 8.45. The van der Waals surface area contributed by atoms with Crippen LogP contribution in [0.4, 0.5) is 0 Å². The molecule has 0 saturated heterocycles. The molecule has 0 fully saturated rings. The monoisotopic (exact) mass is 351 g/mol. The molecule has 2 aromatic rings. The van der Waals surface area contributed by atoms with Crippen LogP contribution in [-0.4, -0.2) is 27.6 Å². The molecule has 1 heterocycles. The molecule has 4 nitrogen and oxygen atoms in total. The number of aryl methyl sites for hydroxylation is 1. The van der Waals surface area contributed by atoms with Crippen molar-refractivity contribution >= 4 is 32.7 Å². The molecular formula is C16H22BrN3O. The number of amides is 1. The topological polar surface area (TPSA) is 46.9 Å². The van der Waals surface area contributed by atoms with E-state index in [1.165, 1.54) is 0 Å². The number of hydrogen-bond donors (Lipinski definition) is 1. The van der Waals surface area contributed by atoms with Gasteiger partial charge in [-0.1, -0.05) is 48.0 Å². The van der Waals surface area contributed by atoms with E-state index in [1.807, 2.05) is 31.3 Å². The number of hydrogen-bond acceptors (Lipinski definition) is 2. The average Bonchev–Trinajstić information content (AvgIpc) is 2.87. The first-order chi connectivity index (χ1) is 10.1. The predicted octanol–water partition coefficient (Wildman–Crippen LogP) is 3.50. The maximum absolute atomic E-state index is 12.5. The minimum atomic E-state index is -0.0981. The normalized spacial score (nSPS) is 11.8. The fourth-order valence-electron chi connectivity index (χ4n) is 2.47. The lowest BCUT2D eigenvalue weighted by atomic mass is 9.84. The Morgan fingerprint density at radius 3 is 2.62 bits per heavy atom. The van der Waals surface area contributed by atoms with Gasteiger partial charge in [-0.15, -0.1) is 0 Å². The summed E-state index contributed by atoms with van der Waals surface area (Å²) in [6.45, 7) is 4.98. The van der Waals surface area contributed by atoms with Crippen molar-refractivity contribution in [3.63, 3.8) is 0 Å². The summed E-state index contributed by atoms with van der Waals surface area (Å²) >= 11 is 3.57. The zero-order valence-electron chi connectivity index (χ0n) is 12.8. The minimum absolute atomic E-state index is 0.0981. The van der Waals surface area contributed by atoms with Crippen molar-refractivity contribution in [2.45, 2.75) is 26.7 Å². The SMILES string of the molecule is CCC(CC)(CBr)CNC(=O)c1nn(C)c2ccccc12. The van der Waals surface area contributed by atoms with Crippen molar-refractivity contribution in [3.05, 3.63) is 30.0 Å². The smallest absolute Gasteiger partial charge is 0.272 e. The zero-order valence-corrected chi connectivity index (χ0v) is 14.4. The number of alkyl halides is 1. The Balaban J connectivity index is 2.20. The van der Waals surface area contributed by atoms with Crippen LogP contribution in [0.15, 0.2) is 24.3 Å².